The minimum atomic E-state index is -4.47. The first kappa shape index (κ1) is 19.3. The van der Waals surface area contributed by atoms with E-state index in [1.807, 2.05) is 42.5 Å². The summed E-state index contributed by atoms with van der Waals surface area (Å²) < 4.78 is 39.3. The second-order valence-corrected chi connectivity index (χ2v) is 7.59. The Morgan fingerprint density at radius 3 is 2.45 bits per heavy atom. The lowest BCUT2D eigenvalue weighted by Crippen LogP contribution is -2.08. The summed E-state index contributed by atoms with van der Waals surface area (Å²) in [6.07, 6.45) is -2.67. The van der Waals surface area contributed by atoms with Gasteiger partial charge in [0.15, 0.2) is 0 Å². The molecule has 0 bridgehead atoms. The van der Waals surface area contributed by atoms with Crippen LogP contribution < -0.4 is 5.32 Å². The molecule has 4 rings (SSSR count). The van der Waals surface area contributed by atoms with E-state index in [0.717, 1.165) is 28.5 Å². The first-order valence-electron chi connectivity index (χ1n) is 8.90. The number of rotatable bonds is 3. The predicted molar refractivity (Wildman–Crippen MR) is 112 cm³/mol. The summed E-state index contributed by atoms with van der Waals surface area (Å²) in [4.78, 5) is 13.6. The Balaban J connectivity index is 1.77. The molecule has 146 valence electrons. The van der Waals surface area contributed by atoms with Gasteiger partial charge in [0.05, 0.1) is 21.1 Å². The second-order valence-electron chi connectivity index (χ2n) is 6.54. The van der Waals surface area contributed by atoms with Crippen molar-refractivity contribution < 1.29 is 18.0 Å². The van der Waals surface area contributed by atoms with Gasteiger partial charge in [-0.1, -0.05) is 66.4 Å². The average molecular weight is 411 g/mol. The summed E-state index contributed by atoms with van der Waals surface area (Å²) >= 11 is 1.24. The van der Waals surface area contributed by atoms with Crippen molar-refractivity contribution in [2.45, 2.75) is 6.18 Å². The zero-order valence-electron chi connectivity index (χ0n) is 15.4. The van der Waals surface area contributed by atoms with Gasteiger partial charge < -0.3 is 5.32 Å². The van der Waals surface area contributed by atoms with Crippen molar-refractivity contribution in [2.24, 2.45) is 0 Å². The Kier molecular flexibility index (Phi) is 4.96. The van der Waals surface area contributed by atoms with Gasteiger partial charge in [-0.2, -0.15) is 13.2 Å². The van der Waals surface area contributed by atoms with Gasteiger partial charge in [-0.05, 0) is 40.1 Å². The third kappa shape index (κ3) is 3.68. The highest BCUT2D eigenvalue weighted by Gasteiger charge is 2.34. The van der Waals surface area contributed by atoms with E-state index < -0.39 is 11.7 Å². The molecule has 1 aliphatic rings. The highest BCUT2D eigenvalue weighted by atomic mass is 32.2. The van der Waals surface area contributed by atoms with Crippen molar-refractivity contribution in [1.29, 1.82) is 0 Å². The van der Waals surface area contributed by atoms with Gasteiger partial charge in [0, 0.05) is 7.05 Å². The molecule has 6 heteroatoms. The highest BCUT2D eigenvalue weighted by molar-refractivity contribution is 8.08. The normalized spacial score (nSPS) is 16.1. The molecule has 3 aromatic rings. The van der Waals surface area contributed by atoms with Crippen LogP contribution >= 0.6 is 11.8 Å². The van der Waals surface area contributed by atoms with Crippen LogP contribution in [0.1, 0.15) is 16.7 Å². The lowest BCUT2D eigenvalue weighted by Gasteiger charge is -2.09. The number of carbonyl (C=O) groups excluding carboxylic acids is 1. The Hall–Kier alpha value is -2.99. The van der Waals surface area contributed by atoms with E-state index in [-0.39, 0.29) is 16.9 Å². The molecule has 0 unspecified atom stereocenters. The largest absolute Gasteiger partial charge is 0.416 e. The molecule has 0 aliphatic carbocycles. The quantitative estimate of drug-likeness (QED) is 0.528. The van der Waals surface area contributed by atoms with Gasteiger partial charge in [-0.25, -0.2) is 0 Å². The van der Waals surface area contributed by atoms with Crippen LogP contribution in [-0.4, -0.2) is 12.8 Å². The number of nitrogens with one attached hydrogen (secondary N) is 1. The summed E-state index contributed by atoms with van der Waals surface area (Å²) in [6.45, 7) is 0. The van der Waals surface area contributed by atoms with Gasteiger partial charge in [0.1, 0.15) is 0 Å². The second kappa shape index (κ2) is 7.44. The molecule has 29 heavy (non-hydrogen) atoms. The molecule has 3 aromatic carbocycles. The van der Waals surface area contributed by atoms with Crippen LogP contribution in [0.25, 0.3) is 22.4 Å². The third-order valence-corrected chi connectivity index (χ3v) is 5.84. The Morgan fingerprint density at radius 1 is 0.966 bits per heavy atom. The maximum atomic E-state index is 13.1. The number of fused-ring (bicyclic) bond motifs is 1. The van der Waals surface area contributed by atoms with Crippen molar-refractivity contribution in [3.63, 3.8) is 0 Å². The minimum Gasteiger partial charge on any atom is -0.382 e. The van der Waals surface area contributed by atoms with Crippen LogP contribution in [-0.2, 0) is 11.0 Å². The Bertz CT molecular complexity index is 1170. The maximum Gasteiger partial charge on any atom is 0.416 e. The molecule has 1 N–H and O–H groups in total. The van der Waals surface area contributed by atoms with Crippen LogP contribution in [0.5, 0.6) is 0 Å². The van der Waals surface area contributed by atoms with E-state index in [4.69, 9.17) is 0 Å². The van der Waals surface area contributed by atoms with Crippen LogP contribution in [0.4, 0.5) is 13.2 Å². The number of benzene rings is 3. The molecule has 0 atom stereocenters. The molecule has 0 amide bonds. The first-order valence-corrected chi connectivity index (χ1v) is 9.72. The first-order chi connectivity index (χ1) is 13.9. The van der Waals surface area contributed by atoms with E-state index in [2.05, 4.69) is 5.32 Å². The maximum absolute atomic E-state index is 13.1. The summed E-state index contributed by atoms with van der Waals surface area (Å²) in [7, 11) is 1.66. The van der Waals surface area contributed by atoms with Crippen molar-refractivity contribution in [1.82, 2.24) is 5.32 Å². The number of alkyl halides is 3. The highest BCUT2D eigenvalue weighted by Crippen LogP contribution is 2.43. The fourth-order valence-corrected chi connectivity index (χ4v) is 4.35. The average Bonchev–Trinajstić information content (AvgIpc) is 3.03. The summed E-state index contributed by atoms with van der Waals surface area (Å²) in [5.74, 6) is -0.286. The Morgan fingerprint density at radius 2 is 1.69 bits per heavy atom. The van der Waals surface area contributed by atoms with Gasteiger partial charge in [-0.15, -0.1) is 0 Å². The van der Waals surface area contributed by atoms with E-state index in [1.54, 1.807) is 13.1 Å². The third-order valence-electron chi connectivity index (χ3n) is 4.71. The number of hydrogen-bond donors (Lipinski definition) is 1. The van der Waals surface area contributed by atoms with Crippen LogP contribution in [0.2, 0.25) is 0 Å². The molecule has 0 saturated heterocycles. The number of hydrogen-bond acceptors (Lipinski definition) is 3. The summed E-state index contributed by atoms with van der Waals surface area (Å²) in [6, 6.07) is 18.5. The predicted octanol–water partition coefficient (Wildman–Crippen LogP) is 6.10. The van der Waals surface area contributed by atoms with E-state index >= 15 is 0 Å². The monoisotopic (exact) mass is 411 g/mol. The number of ketones is 1. The molecule has 0 fully saturated rings. The lowest BCUT2D eigenvalue weighted by molar-refractivity contribution is -0.137. The number of halogens is 3. The van der Waals surface area contributed by atoms with Gasteiger partial charge >= 0.3 is 6.18 Å². The zero-order chi connectivity index (χ0) is 20.6. The van der Waals surface area contributed by atoms with Crippen molar-refractivity contribution >= 4 is 40.0 Å². The number of thioether (sulfide) groups is 1. The van der Waals surface area contributed by atoms with Crippen LogP contribution in [0.15, 0.2) is 76.7 Å². The van der Waals surface area contributed by atoms with E-state index in [9.17, 15) is 18.0 Å². The zero-order valence-corrected chi connectivity index (χ0v) is 16.2. The van der Waals surface area contributed by atoms with Crippen molar-refractivity contribution in [3.05, 3.63) is 93.4 Å². The Labute approximate surface area is 170 Å². The molecule has 2 nitrogen and oxygen atoms in total. The lowest BCUT2D eigenvalue weighted by atomic mass is 9.98. The van der Waals surface area contributed by atoms with Crippen LogP contribution in [0, 0.1) is 0 Å². The smallest absolute Gasteiger partial charge is 0.382 e. The molecule has 0 spiro atoms. The van der Waals surface area contributed by atoms with Gasteiger partial charge in [0.2, 0.25) is 5.78 Å². The number of carbonyl (C=O) groups is 1. The molecular weight excluding hydrogens is 395 g/mol. The minimum absolute atomic E-state index is 0.253. The molecule has 1 aliphatic heterocycles. The SMILES string of the molecule is CNC1=C(c2cccc(C(F)(F)F)c2)C(=O)C(=Cc2cccc3ccccc23)S1. The van der Waals surface area contributed by atoms with Crippen molar-refractivity contribution in [3.8, 4) is 0 Å². The number of Topliss-reactive ketones (excluding diaryl/α,β-unsaturated/α-hetero) is 1. The topological polar surface area (TPSA) is 29.1 Å². The fourth-order valence-electron chi connectivity index (χ4n) is 3.34. The fraction of sp³-hybridized carbons (Fsp3) is 0.0870. The van der Waals surface area contributed by atoms with Gasteiger partial charge in [0.25, 0.3) is 0 Å². The van der Waals surface area contributed by atoms with E-state index in [1.165, 1.54) is 23.9 Å². The van der Waals surface area contributed by atoms with Crippen molar-refractivity contribution in [2.75, 3.05) is 7.05 Å². The van der Waals surface area contributed by atoms with Crippen LogP contribution in [0.3, 0.4) is 0 Å². The molecule has 1 heterocycles. The molecule has 0 aromatic heterocycles. The van der Waals surface area contributed by atoms with Gasteiger partial charge in [-0.3, -0.25) is 4.79 Å². The molecule has 0 radical (unpaired) electrons. The number of allylic oxidation sites excluding steroid dienone is 2. The summed E-state index contributed by atoms with van der Waals surface area (Å²) in [5.41, 5.74) is 0.625. The van der Waals surface area contributed by atoms with E-state index in [0.29, 0.717) is 9.93 Å². The molecule has 0 saturated carbocycles. The summed E-state index contributed by atoms with van der Waals surface area (Å²) in [5, 5.41) is 5.56. The standard InChI is InChI=1S/C23H16F3NOS/c1-27-22-20(16-9-5-10-17(12-16)23(24,25)26)21(28)19(29-22)13-15-8-4-7-14-6-2-3-11-18(14)15/h2-13,27H,1H3. The molecular formula is C23H16F3NOS.